The molecule has 184 valence electrons. The molecule has 0 spiro atoms. The number of urea groups is 1. The van der Waals surface area contributed by atoms with Crippen molar-refractivity contribution in [2.24, 2.45) is 0 Å². The van der Waals surface area contributed by atoms with Gasteiger partial charge in [-0.2, -0.15) is 0 Å². The van der Waals surface area contributed by atoms with E-state index in [0.717, 1.165) is 27.4 Å². The number of thiazole rings is 1. The number of carboxylic acids is 1. The lowest BCUT2D eigenvalue weighted by molar-refractivity contribution is -0.134. The van der Waals surface area contributed by atoms with E-state index in [1.54, 1.807) is 24.3 Å². The topological polar surface area (TPSA) is 147 Å². The number of hydrogen-bond donors (Lipinski definition) is 3. The Bertz CT molecular complexity index is 1390. The van der Waals surface area contributed by atoms with Crippen molar-refractivity contribution in [3.63, 3.8) is 0 Å². The van der Waals surface area contributed by atoms with Crippen LogP contribution in [0.25, 0.3) is 0 Å². The normalized spacial score (nSPS) is 17.1. The molecule has 11 nitrogen and oxygen atoms in total. The minimum atomic E-state index is -1.23. The van der Waals surface area contributed by atoms with E-state index in [4.69, 9.17) is 14.6 Å². The van der Waals surface area contributed by atoms with Gasteiger partial charge in [0.15, 0.2) is 22.3 Å². The first-order chi connectivity index (χ1) is 17.3. The summed E-state index contributed by atoms with van der Waals surface area (Å²) >= 11 is 0.932. The van der Waals surface area contributed by atoms with Crippen LogP contribution >= 0.6 is 11.3 Å². The van der Waals surface area contributed by atoms with Crippen LogP contribution in [0.5, 0.6) is 11.5 Å². The SMILES string of the molecule is Cc1ccccc1C[C@@H](C(=O)Nc1nc(C(=O)O)cs1)N1C(=O)NC(c2ccc3c(c2)OCO3)C1=O. The monoisotopic (exact) mass is 508 g/mol. The van der Waals surface area contributed by atoms with Crippen molar-refractivity contribution >= 4 is 40.3 Å². The average Bonchev–Trinajstić information content (AvgIpc) is 3.58. The molecule has 3 heterocycles. The zero-order valence-corrected chi connectivity index (χ0v) is 19.7. The van der Waals surface area contributed by atoms with Crippen LogP contribution in [0.15, 0.2) is 47.8 Å². The molecule has 1 saturated heterocycles. The van der Waals surface area contributed by atoms with E-state index in [0.29, 0.717) is 17.1 Å². The van der Waals surface area contributed by atoms with Crippen molar-refractivity contribution in [1.29, 1.82) is 0 Å². The molecule has 2 atom stereocenters. The fraction of sp³-hybridized carbons (Fsp3) is 0.208. The lowest BCUT2D eigenvalue weighted by atomic mass is 9.99. The highest BCUT2D eigenvalue weighted by Crippen LogP contribution is 2.36. The molecular weight excluding hydrogens is 488 g/mol. The average molecular weight is 509 g/mol. The Morgan fingerprint density at radius 2 is 2.00 bits per heavy atom. The van der Waals surface area contributed by atoms with Crippen LogP contribution in [0.3, 0.4) is 0 Å². The highest BCUT2D eigenvalue weighted by Gasteiger charge is 2.45. The number of nitrogens with one attached hydrogen (secondary N) is 2. The van der Waals surface area contributed by atoms with Gasteiger partial charge in [-0.15, -0.1) is 11.3 Å². The fourth-order valence-corrected chi connectivity index (χ4v) is 4.76. The highest BCUT2D eigenvalue weighted by atomic mass is 32.1. The first-order valence-electron chi connectivity index (χ1n) is 10.9. The summed E-state index contributed by atoms with van der Waals surface area (Å²) in [4.78, 5) is 55.8. The Kier molecular flexibility index (Phi) is 6.02. The van der Waals surface area contributed by atoms with Gasteiger partial charge in [-0.1, -0.05) is 30.3 Å². The molecule has 2 aromatic carbocycles. The number of hydrogen-bond acceptors (Lipinski definition) is 8. The summed E-state index contributed by atoms with van der Waals surface area (Å²) in [6.07, 6.45) is 0.0582. The number of nitrogens with zero attached hydrogens (tertiary/aromatic N) is 2. The van der Waals surface area contributed by atoms with Crippen LogP contribution in [0, 0.1) is 6.92 Å². The van der Waals surface area contributed by atoms with E-state index >= 15 is 0 Å². The number of amides is 4. The maximum absolute atomic E-state index is 13.5. The molecule has 3 N–H and O–H groups in total. The van der Waals surface area contributed by atoms with Crippen LogP contribution in [-0.2, 0) is 16.0 Å². The number of fused-ring (bicyclic) bond motifs is 1. The van der Waals surface area contributed by atoms with Crippen molar-refractivity contribution in [1.82, 2.24) is 15.2 Å². The number of aromatic nitrogens is 1. The molecule has 2 aliphatic rings. The number of aryl methyl sites for hydroxylation is 1. The molecule has 2 aliphatic heterocycles. The van der Waals surface area contributed by atoms with Gasteiger partial charge in [0, 0.05) is 11.8 Å². The predicted molar refractivity (Wildman–Crippen MR) is 127 cm³/mol. The molecule has 5 rings (SSSR count). The van der Waals surface area contributed by atoms with Gasteiger partial charge < -0.3 is 25.2 Å². The van der Waals surface area contributed by atoms with Crippen LogP contribution in [0.2, 0.25) is 0 Å². The van der Waals surface area contributed by atoms with Gasteiger partial charge in [0.25, 0.3) is 5.91 Å². The fourth-order valence-electron chi connectivity index (χ4n) is 4.07. The van der Waals surface area contributed by atoms with E-state index in [-0.39, 0.29) is 24.0 Å². The lowest BCUT2D eigenvalue weighted by Gasteiger charge is -2.25. The molecule has 0 aliphatic carbocycles. The summed E-state index contributed by atoms with van der Waals surface area (Å²) in [5.41, 5.74) is 1.93. The molecule has 0 saturated carbocycles. The highest BCUT2D eigenvalue weighted by molar-refractivity contribution is 7.14. The van der Waals surface area contributed by atoms with Gasteiger partial charge in [0.1, 0.15) is 12.1 Å². The van der Waals surface area contributed by atoms with E-state index in [1.807, 2.05) is 25.1 Å². The third-order valence-corrected chi connectivity index (χ3v) is 6.70. The Morgan fingerprint density at radius 1 is 1.22 bits per heavy atom. The summed E-state index contributed by atoms with van der Waals surface area (Å²) < 4.78 is 10.7. The number of imide groups is 1. The summed E-state index contributed by atoms with van der Waals surface area (Å²) in [7, 11) is 0. The first-order valence-corrected chi connectivity index (χ1v) is 11.8. The molecule has 12 heteroatoms. The Morgan fingerprint density at radius 3 is 2.75 bits per heavy atom. The number of rotatable bonds is 7. The largest absolute Gasteiger partial charge is 0.476 e. The van der Waals surface area contributed by atoms with E-state index in [9.17, 15) is 19.2 Å². The van der Waals surface area contributed by atoms with E-state index < -0.39 is 35.9 Å². The van der Waals surface area contributed by atoms with Crippen molar-refractivity contribution in [3.05, 3.63) is 70.2 Å². The molecule has 1 unspecified atom stereocenters. The second-order valence-electron chi connectivity index (χ2n) is 8.18. The molecule has 0 radical (unpaired) electrons. The second kappa shape index (κ2) is 9.30. The second-order valence-corrected chi connectivity index (χ2v) is 9.04. The third kappa shape index (κ3) is 4.33. The zero-order chi connectivity index (χ0) is 25.4. The summed E-state index contributed by atoms with van der Waals surface area (Å²) in [6.45, 7) is 1.93. The van der Waals surface area contributed by atoms with E-state index in [1.165, 1.54) is 5.38 Å². The summed E-state index contributed by atoms with van der Waals surface area (Å²) in [5, 5.41) is 15.7. The van der Waals surface area contributed by atoms with Crippen LogP contribution in [0.4, 0.5) is 9.93 Å². The van der Waals surface area contributed by atoms with Crippen molar-refractivity contribution in [2.75, 3.05) is 12.1 Å². The van der Waals surface area contributed by atoms with Gasteiger partial charge in [0.2, 0.25) is 12.7 Å². The predicted octanol–water partition coefficient (Wildman–Crippen LogP) is 2.72. The van der Waals surface area contributed by atoms with Gasteiger partial charge in [-0.3, -0.25) is 9.59 Å². The maximum Gasteiger partial charge on any atom is 0.355 e. The van der Waals surface area contributed by atoms with Crippen LogP contribution in [-0.4, -0.2) is 51.6 Å². The molecule has 3 aromatic rings. The third-order valence-electron chi connectivity index (χ3n) is 5.94. The molecule has 4 amide bonds. The molecule has 1 aromatic heterocycles. The first kappa shape index (κ1) is 23.3. The lowest BCUT2D eigenvalue weighted by Crippen LogP contribution is -2.49. The summed E-state index contributed by atoms with van der Waals surface area (Å²) in [5.74, 6) is -1.50. The van der Waals surface area contributed by atoms with Gasteiger partial charge in [-0.05, 0) is 35.7 Å². The number of aromatic carboxylic acids is 1. The van der Waals surface area contributed by atoms with Crippen molar-refractivity contribution in [2.45, 2.75) is 25.4 Å². The quantitative estimate of drug-likeness (QED) is 0.413. The smallest absolute Gasteiger partial charge is 0.355 e. The Labute approximate surface area is 208 Å². The van der Waals surface area contributed by atoms with Gasteiger partial charge >= 0.3 is 12.0 Å². The number of anilines is 1. The Balaban J connectivity index is 1.45. The number of carboxylic acid groups (broad SMARTS) is 1. The molecular formula is C24H20N4O7S. The maximum atomic E-state index is 13.5. The number of carbonyl (C=O) groups is 4. The van der Waals surface area contributed by atoms with Gasteiger partial charge in [0.05, 0.1) is 0 Å². The minimum absolute atomic E-state index is 0.0477. The number of carbonyl (C=O) groups excluding carboxylic acids is 3. The zero-order valence-electron chi connectivity index (χ0n) is 18.9. The van der Waals surface area contributed by atoms with Crippen molar-refractivity contribution < 1.29 is 33.8 Å². The standard InChI is InChI=1S/C24H20N4O7S/c1-12-4-2-3-5-13(12)8-16(20(29)27-23-25-15(10-36-23)22(31)32)28-21(30)19(26-24(28)33)14-6-7-17-18(9-14)35-11-34-17/h2-7,9-10,16,19H,8,11H2,1H3,(H,26,33)(H,31,32)(H,25,27,29)/t16-,19?/m0/s1. The van der Waals surface area contributed by atoms with Gasteiger partial charge in [-0.25, -0.2) is 19.5 Å². The minimum Gasteiger partial charge on any atom is -0.476 e. The van der Waals surface area contributed by atoms with E-state index in [2.05, 4.69) is 15.6 Å². The number of ether oxygens (including phenoxy) is 2. The molecule has 1 fully saturated rings. The number of benzene rings is 2. The summed E-state index contributed by atoms with van der Waals surface area (Å²) in [6, 6.07) is 9.31. The Hall–Kier alpha value is -4.45. The van der Waals surface area contributed by atoms with Crippen LogP contribution < -0.4 is 20.1 Å². The molecule has 0 bridgehead atoms. The van der Waals surface area contributed by atoms with Crippen molar-refractivity contribution in [3.8, 4) is 11.5 Å². The van der Waals surface area contributed by atoms with Crippen LogP contribution in [0.1, 0.15) is 33.2 Å². The molecule has 36 heavy (non-hydrogen) atoms.